The van der Waals surface area contributed by atoms with Gasteiger partial charge in [-0.25, -0.2) is 4.39 Å². The molecule has 0 unspecified atom stereocenters. The van der Waals surface area contributed by atoms with E-state index >= 15 is 0 Å². The first-order chi connectivity index (χ1) is 11.3. The predicted molar refractivity (Wildman–Crippen MR) is 89.0 cm³/mol. The van der Waals surface area contributed by atoms with Gasteiger partial charge in [-0.15, -0.1) is 0 Å². The molecule has 0 atom stereocenters. The van der Waals surface area contributed by atoms with Gasteiger partial charge in [0, 0.05) is 11.1 Å². The Morgan fingerprint density at radius 3 is 2.17 bits per heavy atom. The summed E-state index contributed by atoms with van der Waals surface area (Å²) in [5.74, 6) is 5.77. The molecule has 0 fully saturated rings. The van der Waals surface area contributed by atoms with Gasteiger partial charge in [-0.05, 0) is 47.5 Å². The summed E-state index contributed by atoms with van der Waals surface area (Å²) in [7, 11) is 0. The number of rotatable bonds is 1. The van der Waals surface area contributed by atoms with Crippen LogP contribution in [0.15, 0.2) is 72.8 Å². The first-order valence-corrected chi connectivity index (χ1v) is 7.13. The summed E-state index contributed by atoms with van der Waals surface area (Å²) in [4.78, 5) is 0. The average molecular weight is 297 g/mol. The van der Waals surface area contributed by atoms with Gasteiger partial charge in [0.15, 0.2) is 0 Å². The molecule has 0 saturated carbocycles. The van der Waals surface area contributed by atoms with Crippen LogP contribution in [-0.2, 0) is 0 Å². The van der Waals surface area contributed by atoms with Crippen LogP contribution in [0.4, 0.5) is 4.39 Å². The first kappa shape index (κ1) is 14.6. The van der Waals surface area contributed by atoms with E-state index in [1.165, 1.54) is 12.1 Å². The first-order valence-electron chi connectivity index (χ1n) is 7.13. The van der Waals surface area contributed by atoms with Crippen LogP contribution < -0.4 is 0 Å². The molecule has 0 N–H and O–H groups in total. The summed E-state index contributed by atoms with van der Waals surface area (Å²) >= 11 is 0. The summed E-state index contributed by atoms with van der Waals surface area (Å²) < 4.78 is 13.6. The maximum Gasteiger partial charge on any atom is 0.124 e. The highest BCUT2D eigenvalue weighted by Gasteiger charge is 2.05. The molecule has 0 aliphatic carbocycles. The van der Waals surface area contributed by atoms with Crippen molar-refractivity contribution in [1.29, 1.82) is 5.26 Å². The summed E-state index contributed by atoms with van der Waals surface area (Å²) in [6.07, 6.45) is 0. The van der Waals surface area contributed by atoms with Gasteiger partial charge in [-0.2, -0.15) is 5.26 Å². The van der Waals surface area contributed by atoms with Gasteiger partial charge in [-0.3, -0.25) is 0 Å². The maximum atomic E-state index is 13.6. The molecule has 0 aliphatic rings. The molecule has 0 radical (unpaired) electrons. The van der Waals surface area contributed by atoms with E-state index in [1.54, 1.807) is 18.2 Å². The Labute approximate surface area is 134 Å². The van der Waals surface area contributed by atoms with Gasteiger partial charge >= 0.3 is 0 Å². The highest BCUT2D eigenvalue weighted by Crippen LogP contribution is 2.24. The maximum absolute atomic E-state index is 13.6. The Balaban J connectivity index is 2.05. The SMILES string of the molecule is N#Cc1ccc(-c2ccc(F)cc2C#Cc2ccccc2)cc1. The standard InChI is InChI=1S/C21H12FN/c22-20-12-13-21(18-9-7-17(15-23)8-10-18)19(14-20)11-6-16-4-2-1-3-5-16/h1-5,7-10,12-14H. The third-order valence-corrected chi connectivity index (χ3v) is 3.42. The van der Waals surface area contributed by atoms with Crippen LogP contribution in [0.5, 0.6) is 0 Å². The molecule has 2 heteroatoms. The third kappa shape index (κ3) is 3.46. The monoisotopic (exact) mass is 297 g/mol. The van der Waals surface area contributed by atoms with Gasteiger partial charge in [0.25, 0.3) is 0 Å². The summed E-state index contributed by atoms with van der Waals surface area (Å²) in [6.45, 7) is 0. The molecule has 0 spiro atoms. The molecule has 0 bridgehead atoms. The van der Waals surface area contributed by atoms with Crippen LogP contribution in [0.1, 0.15) is 16.7 Å². The highest BCUT2D eigenvalue weighted by molar-refractivity contribution is 5.72. The normalized spacial score (nSPS) is 9.57. The Morgan fingerprint density at radius 2 is 1.48 bits per heavy atom. The number of hydrogen-bond donors (Lipinski definition) is 0. The van der Waals surface area contributed by atoms with Gasteiger partial charge < -0.3 is 0 Å². The fraction of sp³-hybridized carbons (Fsp3) is 0. The molecule has 3 aromatic carbocycles. The molecule has 0 aromatic heterocycles. The Bertz CT molecular complexity index is 924. The summed E-state index contributed by atoms with van der Waals surface area (Å²) in [6, 6.07) is 23.4. The lowest BCUT2D eigenvalue weighted by molar-refractivity contribution is 0.627. The van der Waals surface area contributed by atoms with Gasteiger partial charge in [0.1, 0.15) is 5.82 Å². The fourth-order valence-corrected chi connectivity index (χ4v) is 2.26. The molecule has 0 amide bonds. The average Bonchev–Trinajstić information content (AvgIpc) is 2.61. The van der Waals surface area contributed by atoms with Crippen LogP contribution in [0, 0.1) is 29.0 Å². The predicted octanol–water partition coefficient (Wildman–Crippen LogP) is 4.76. The van der Waals surface area contributed by atoms with Crippen LogP contribution in [0.25, 0.3) is 11.1 Å². The summed E-state index contributed by atoms with van der Waals surface area (Å²) in [5, 5.41) is 8.88. The van der Waals surface area contributed by atoms with Crippen molar-refractivity contribution >= 4 is 0 Å². The van der Waals surface area contributed by atoms with Crippen LogP contribution in [-0.4, -0.2) is 0 Å². The molecule has 0 heterocycles. The number of benzene rings is 3. The van der Waals surface area contributed by atoms with E-state index in [0.29, 0.717) is 11.1 Å². The van der Waals surface area contributed by atoms with Crippen molar-refractivity contribution in [2.45, 2.75) is 0 Å². The number of hydrogen-bond acceptors (Lipinski definition) is 1. The number of nitrogens with zero attached hydrogens (tertiary/aromatic N) is 1. The second-order valence-corrected chi connectivity index (χ2v) is 5.00. The molecule has 108 valence electrons. The molecule has 0 aliphatic heterocycles. The van der Waals surface area contributed by atoms with Crippen LogP contribution in [0.2, 0.25) is 0 Å². The van der Waals surface area contributed by atoms with E-state index in [0.717, 1.165) is 16.7 Å². The molecule has 1 nitrogen and oxygen atoms in total. The Morgan fingerprint density at radius 1 is 0.739 bits per heavy atom. The minimum Gasteiger partial charge on any atom is -0.207 e. The molecule has 0 saturated heterocycles. The lowest BCUT2D eigenvalue weighted by Crippen LogP contribution is -1.87. The quantitative estimate of drug-likeness (QED) is 0.594. The van der Waals surface area contributed by atoms with Crippen LogP contribution in [0.3, 0.4) is 0 Å². The molecular formula is C21H12FN. The molecular weight excluding hydrogens is 285 g/mol. The van der Waals surface area contributed by atoms with E-state index in [2.05, 4.69) is 17.9 Å². The van der Waals surface area contributed by atoms with Crippen LogP contribution >= 0.6 is 0 Å². The molecule has 3 aromatic rings. The van der Waals surface area contributed by atoms with E-state index in [1.807, 2.05) is 42.5 Å². The zero-order chi connectivity index (χ0) is 16.1. The Kier molecular flexibility index (Phi) is 4.18. The lowest BCUT2D eigenvalue weighted by atomic mass is 9.98. The highest BCUT2D eigenvalue weighted by atomic mass is 19.1. The van der Waals surface area contributed by atoms with Crippen molar-refractivity contribution in [3.8, 4) is 29.0 Å². The van der Waals surface area contributed by atoms with Crippen molar-refractivity contribution in [2.24, 2.45) is 0 Å². The van der Waals surface area contributed by atoms with E-state index in [-0.39, 0.29) is 5.82 Å². The largest absolute Gasteiger partial charge is 0.207 e. The number of halogens is 1. The minimum absolute atomic E-state index is 0.320. The van der Waals surface area contributed by atoms with Crippen molar-refractivity contribution in [3.63, 3.8) is 0 Å². The van der Waals surface area contributed by atoms with Crippen molar-refractivity contribution in [2.75, 3.05) is 0 Å². The fourth-order valence-electron chi connectivity index (χ4n) is 2.26. The van der Waals surface area contributed by atoms with Crippen molar-refractivity contribution < 1.29 is 4.39 Å². The zero-order valence-electron chi connectivity index (χ0n) is 12.3. The van der Waals surface area contributed by atoms with E-state index < -0.39 is 0 Å². The second-order valence-electron chi connectivity index (χ2n) is 5.00. The second kappa shape index (κ2) is 6.60. The van der Waals surface area contributed by atoms with Crippen molar-refractivity contribution in [1.82, 2.24) is 0 Å². The summed E-state index contributed by atoms with van der Waals surface area (Å²) in [5.41, 5.74) is 3.84. The van der Waals surface area contributed by atoms with Gasteiger partial charge in [0.2, 0.25) is 0 Å². The van der Waals surface area contributed by atoms with E-state index in [4.69, 9.17) is 5.26 Å². The molecule has 3 rings (SSSR count). The minimum atomic E-state index is -0.320. The smallest absolute Gasteiger partial charge is 0.124 e. The third-order valence-electron chi connectivity index (χ3n) is 3.42. The number of nitriles is 1. The zero-order valence-corrected chi connectivity index (χ0v) is 12.3. The molecule has 23 heavy (non-hydrogen) atoms. The lowest BCUT2D eigenvalue weighted by Gasteiger charge is -2.05. The Hall–Kier alpha value is -3.36. The van der Waals surface area contributed by atoms with Gasteiger partial charge in [0.05, 0.1) is 11.6 Å². The van der Waals surface area contributed by atoms with Crippen molar-refractivity contribution in [3.05, 3.63) is 95.3 Å². The van der Waals surface area contributed by atoms with E-state index in [9.17, 15) is 4.39 Å². The van der Waals surface area contributed by atoms with Gasteiger partial charge in [-0.1, -0.05) is 48.2 Å². The topological polar surface area (TPSA) is 23.8 Å².